The first-order valence-electron chi connectivity index (χ1n) is 6.10. The molecular formula is C16H10ClN3. The van der Waals surface area contributed by atoms with Crippen molar-refractivity contribution in [1.82, 2.24) is 9.55 Å². The number of hydrogen-bond acceptors (Lipinski definition) is 2. The fourth-order valence-corrected chi connectivity index (χ4v) is 2.39. The summed E-state index contributed by atoms with van der Waals surface area (Å²) in [5.41, 5.74) is 2.35. The summed E-state index contributed by atoms with van der Waals surface area (Å²) in [6.45, 7) is 0. The van der Waals surface area contributed by atoms with Crippen LogP contribution in [0.15, 0.2) is 60.7 Å². The van der Waals surface area contributed by atoms with Crippen molar-refractivity contribution in [3.8, 4) is 28.8 Å². The largest absolute Gasteiger partial charge is 0.226 e. The topological polar surface area (TPSA) is 41.6 Å². The third kappa shape index (κ3) is 2.07. The summed E-state index contributed by atoms with van der Waals surface area (Å²) in [6.07, 6.45) is 2.15. The minimum Gasteiger partial charge on any atom is -0.226 e. The molecule has 0 atom stereocenters. The van der Waals surface area contributed by atoms with Gasteiger partial charge in [-0.2, -0.15) is 5.26 Å². The van der Waals surface area contributed by atoms with Crippen LogP contribution in [0.1, 0.15) is 0 Å². The van der Waals surface area contributed by atoms with E-state index in [-0.39, 0.29) is 0 Å². The SMILES string of the molecule is N#Cn1c(-c2ccccc2)nc(Cl)c1-c1ccccc1. The lowest BCUT2D eigenvalue weighted by atomic mass is 10.1. The van der Waals surface area contributed by atoms with Crippen LogP contribution < -0.4 is 0 Å². The van der Waals surface area contributed by atoms with Crippen molar-refractivity contribution in [2.24, 2.45) is 0 Å². The number of halogens is 1. The highest BCUT2D eigenvalue weighted by molar-refractivity contribution is 6.32. The molecule has 0 saturated heterocycles. The monoisotopic (exact) mass is 279 g/mol. The fourth-order valence-electron chi connectivity index (χ4n) is 2.12. The molecule has 2 aromatic carbocycles. The summed E-state index contributed by atoms with van der Waals surface area (Å²) in [5, 5.41) is 9.78. The molecule has 0 unspecified atom stereocenters. The lowest BCUT2D eigenvalue weighted by Crippen LogP contribution is -1.95. The van der Waals surface area contributed by atoms with E-state index < -0.39 is 0 Å². The summed E-state index contributed by atoms with van der Waals surface area (Å²) >= 11 is 6.23. The minimum absolute atomic E-state index is 0.330. The predicted molar refractivity (Wildman–Crippen MR) is 79.1 cm³/mol. The Morgan fingerprint density at radius 1 is 0.900 bits per heavy atom. The van der Waals surface area contributed by atoms with E-state index in [4.69, 9.17) is 11.6 Å². The molecule has 0 saturated carbocycles. The highest BCUT2D eigenvalue weighted by Crippen LogP contribution is 2.32. The van der Waals surface area contributed by atoms with Crippen LogP contribution in [-0.4, -0.2) is 9.55 Å². The molecule has 0 aliphatic heterocycles. The second-order valence-corrected chi connectivity index (χ2v) is 4.60. The van der Waals surface area contributed by atoms with Crippen molar-refractivity contribution < 1.29 is 0 Å². The Labute approximate surface area is 121 Å². The fraction of sp³-hybridized carbons (Fsp3) is 0. The van der Waals surface area contributed by atoms with E-state index in [0.29, 0.717) is 16.7 Å². The standard InChI is InChI=1S/C16H10ClN3/c17-15-14(12-7-3-1-4-8-12)20(11-18)16(19-15)13-9-5-2-6-10-13/h1-10H. The second kappa shape index (κ2) is 5.20. The third-order valence-electron chi connectivity index (χ3n) is 3.01. The van der Waals surface area contributed by atoms with Gasteiger partial charge in [-0.25, -0.2) is 9.55 Å². The molecule has 3 rings (SSSR count). The van der Waals surface area contributed by atoms with Gasteiger partial charge in [0.15, 0.2) is 17.2 Å². The molecule has 0 fully saturated rings. The van der Waals surface area contributed by atoms with Crippen LogP contribution in [0, 0.1) is 11.5 Å². The lowest BCUT2D eigenvalue weighted by molar-refractivity contribution is 1.09. The van der Waals surface area contributed by atoms with Crippen LogP contribution >= 0.6 is 11.6 Å². The highest BCUT2D eigenvalue weighted by Gasteiger charge is 2.18. The van der Waals surface area contributed by atoms with Crippen molar-refractivity contribution in [2.45, 2.75) is 0 Å². The molecule has 20 heavy (non-hydrogen) atoms. The number of nitrogens with zero attached hydrogens (tertiary/aromatic N) is 3. The Morgan fingerprint density at radius 2 is 1.45 bits per heavy atom. The van der Waals surface area contributed by atoms with Gasteiger partial charge in [0.25, 0.3) is 0 Å². The number of nitriles is 1. The minimum atomic E-state index is 0.330. The zero-order valence-corrected chi connectivity index (χ0v) is 11.2. The first kappa shape index (κ1) is 12.5. The summed E-state index contributed by atoms with van der Waals surface area (Å²) in [7, 11) is 0. The number of rotatable bonds is 2. The Bertz CT molecular complexity index is 771. The van der Waals surface area contributed by atoms with Gasteiger partial charge in [-0.15, -0.1) is 0 Å². The average molecular weight is 280 g/mol. The second-order valence-electron chi connectivity index (χ2n) is 4.24. The van der Waals surface area contributed by atoms with Gasteiger partial charge in [-0.05, 0) is 0 Å². The smallest absolute Gasteiger partial charge is 0.190 e. The molecule has 0 amide bonds. The van der Waals surface area contributed by atoms with Gasteiger partial charge in [0, 0.05) is 11.1 Å². The van der Waals surface area contributed by atoms with E-state index in [1.54, 1.807) is 0 Å². The molecule has 0 radical (unpaired) electrons. The molecule has 4 heteroatoms. The lowest BCUT2D eigenvalue weighted by Gasteiger charge is -2.03. The van der Waals surface area contributed by atoms with E-state index in [1.165, 1.54) is 4.57 Å². The number of aromatic nitrogens is 2. The van der Waals surface area contributed by atoms with Gasteiger partial charge in [0.2, 0.25) is 0 Å². The van der Waals surface area contributed by atoms with Crippen molar-refractivity contribution in [2.75, 3.05) is 0 Å². The zero-order chi connectivity index (χ0) is 13.9. The van der Waals surface area contributed by atoms with E-state index >= 15 is 0 Å². The van der Waals surface area contributed by atoms with Crippen molar-refractivity contribution in [3.05, 3.63) is 65.8 Å². The van der Waals surface area contributed by atoms with Crippen LogP contribution in [0.2, 0.25) is 5.15 Å². The molecule has 3 nitrogen and oxygen atoms in total. The van der Waals surface area contributed by atoms with Crippen molar-refractivity contribution >= 4 is 11.6 Å². The van der Waals surface area contributed by atoms with Crippen LogP contribution in [0.3, 0.4) is 0 Å². The molecule has 0 N–H and O–H groups in total. The highest BCUT2D eigenvalue weighted by atomic mass is 35.5. The Balaban J connectivity index is 2.24. The molecule has 0 bridgehead atoms. The van der Waals surface area contributed by atoms with Crippen LogP contribution in [0.25, 0.3) is 22.6 Å². The van der Waals surface area contributed by atoms with E-state index in [9.17, 15) is 5.26 Å². The molecule has 1 aromatic heterocycles. The Morgan fingerprint density at radius 3 is 2.00 bits per heavy atom. The van der Waals surface area contributed by atoms with Gasteiger partial charge in [-0.3, -0.25) is 0 Å². The molecular weight excluding hydrogens is 270 g/mol. The van der Waals surface area contributed by atoms with Crippen LogP contribution in [-0.2, 0) is 0 Å². The molecule has 0 spiro atoms. The molecule has 3 aromatic rings. The molecule has 1 heterocycles. The summed E-state index contributed by atoms with van der Waals surface area (Å²) in [5.74, 6) is 0.553. The summed E-state index contributed by atoms with van der Waals surface area (Å²) in [6, 6.07) is 19.1. The first-order chi connectivity index (χ1) is 9.81. The number of hydrogen-bond donors (Lipinski definition) is 0. The normalized spacial score (nSPS) is 10.2. The molecule has 96 valence electrons. The molecule has 0 aliphatic carbocycles. The Kier molecular flexibility index (Phi) is 3.24. The Hall–Kier alpha value is -2.57. The van der Waals surface area contributed by atoms with E-state index in [0.717, 1.165) is 11.1 Å². The zero-order valence-electron chi connectivity index (χ0n) is 10.5. The van der Waals surface area contributed by atoms with Gasteiger partial charge >= 0.3 is 0 Å². The van der Waals surface area contributed by atoms with Gasteiger partial charge in [0.05, 0.1) is 0 Å². The van der Waals surface area contributed by atoms with E-state index in [2.05, 4.69) is 11.2 Å². The number of benzene rings is 2. The summed E-state index contributed by atoms with van der Waals surface area (Å²) in [4.78, 5) is 4.33. The predicted octanol–water partition coefficient (Wildman–Crippen LogP) is 4.20. The molecule has 0 aliphatic rings. The first-order valence-corrected chi connectivity index (χ1v) is 6.48. The maximum atomic E-state index is 9.45. The van der Waals surface area contributed by atoms with Crippen molar-refractivity contribution in [3.63, 3.8) is 0 Å². The van der Waals surface area contributed by atoms with Gasteiger partial charge in [0.1, 0.15) is 5.69 Å². The van der Waals surface area contributed by atoms with Gasteiger partial charge in [-0.1, -0.05) is 72.3 Å². The number of imidazole rings is 1. The van der Waals surface area contributed by atoms with Gasteiger partial charge < -0.3 is 0 Å². The third-order valence-corrected chi connectivity index (χ3v) is 3.28. The van der Waals surface area contributed by atoms with Crippen LogP contribution in [0.4, 0.5) is 0 Å². The maximum absolute atomic E-state index is 9.45. The van der Waals surface area contributed by atoms with Crippen LogP contribution in [0.5, 0.6) is 0 Å². The average Bonchev–Trinajstić information content (AvgIpc) is 2.85. The van der Waals surface area contributed by atoms with E-state index in [1.807, 2.05) is 60.7 Å². The maximum Gasteiger partial charge on any atom is 0.190 e. The summed E-state index contributed by atoms with van der Waals surface area (Å²) < 4.78 is 1.47. The van der Waals surface area contributed by atoms with Crippen molar-refractivity contribution in [1.29, 1.82) is 5.26 Å². The quantitative estimate of drug-likeness (QED) is 0.705.